The Morgan fingerprint density at radius 2 is 2.35 bits per heavy atom. The second-order valence-electron chi connectivity index (χ2n) is 2.90. The van der Waals surface area contributed by atoms with E-state index in [4.69, 9.17) is 16.0 Å². The molecule has 0 radical (unpaired) electrons. The zero-order valence-corrected chi connectivity index (χ0v) is 8.54. The Labute approximate surface area is 94.6 Å². The molecule has 0 aromatic heterocycles. The van der Waals surface area contributed by atoms with Crippen LogP contribution in [0.4, 0.5) is 15.8 Å². The minimum Gasteiger partial charge on any atom is -0.491 e. The Balaban J connectivity index is 2.91. The average Bonchev–Trinajstić information content (AvgIpc) is 2.28. The first kappa shape index (κ1) is 12.5. The SMILES string of the molecule is [N-]=[N+]=NCCOc1cc(F)cc([N+](=O)[O-])c1N. The first-order valence-electron chi connectivity index (χ1n) is 4.43. The fraction of sp³-hybridized carbons (Fsp3) is 0.250. The molecule has 0 aliphatic carbocycles. The topological polar surface area (TPSA) is 127 Å². The van der Waals surface area contributed by atoms with Gasteiger partial charge in [-0.25, -0.2) is 4.39 Å². The van der Waals surface area contributed by atoms with Gasteiger partial charge in [0.05, 0.1) is 24.1 Å². The van der Waals surface area contributed by atoms with E-state index in [1.165, 1.54) is 0 Å². The molecule has 9 heteroatoms. The van der Waals surface area contributed by atoms with Gasteiger partial charge in [-0.3, -0.25) is 10.1 Å². The van der Waals surface area contributed by atoms with E-state index in [0.717, 1.165) is 6.07 Å². The van der Waals surface area contributed by atoms with E-state index in [-0.39, 0.29) is 24.6 Å². The highest BCUT2D eigenvalue weighted by atomic mass is 19.1. The van der Waals surface area contributed by atoms with Crippen molar-refractivity contribution in [3.05, 3.63) is 38.5 Å². The molecule has 1 aromatic rings. The molecule has 0 bridgehead atoms. The van der Waals surface area contributed by atoms with Crippen molar-refractivity contribution in [1.82, 2.24) is 0 Å². The minimum absolute atomic E-state index is 0.0141. The minimum atomic E-state index is -0.829. The van der Waals surface area contributed by atoms with Crippen LogP contribution in [0.1, 0.15) is 0 Å². The molecule has 0 atom stereocenters. The van der Waals surface area contributed by atoms with E-state index in [1.54, 1.807) is 0 Å². The molecule has 0 saturated heterocycles. The summed E-state index contributed by atoms with van der Waals surface area (Å²) < 4.78 is 18.0. The number of rotatable bonds is 5. The summed E-state index contributed by atoms with van der Waals surface area (Å²) >= 11 is 0. The monoisotopic (exact) mass is 241 g/mol. The quantitative estimate of drug-likeness (QED) is 0.161. The molecular formula is C8H8FN5O3. The summed E-state index contributed by atoms with van der Waals surface area (Å²) in [5.74, 6) is -0.977. The average molecular weight is 241 g/mol. The smallest absolute Gasteiger partial charge is 0.298 e. The van der Waals surface area contributed by atoms with E-state index in [1.807, 2.05) is 0 Å². The lowest BCUT2D eigenvalue weighted by molar-refractivity contribution is -0.384. The molecule has 2 N–H and O–H groups in total. The molecule has 0 aliphatic rings. The number of nitrogens with two attached hydrogens (primary N) is 1. The summed E-state index contributed by atoms with van der Waals surface area (Å²) in [7, 11) is 0. The van der Waals surface area contributed by atoms with E-state index < -0.39 is 16.4 Å². The van der Waals surface area contributed by atoms with Gasteiger partial charge in [0.15, 0.2) is 11.4 Å². The van der Waals surface area contributed by atoms with Crippen LogP contribution in [0.15, 0.2) is 17.2 Å². The highest BCUT2D eigenvalue weighted by Crippen LogP contribution is 2.32. The number of anilines is 1. The van der Waals surface area contributed by atoms with Gasteiger partial charge in [-0.05, 0) is 5.53 Å². The van der Waals surface area contributed by atoms with Crippen molar-refractivity contribution in [3.8, 4) is 5.75 Å². The van der Waals surface area contributed by atoms with Gasteiger partial charge < -0.3 is 10.5 Å². The van der Waals surface area contributed by atoms with E-state index in [0.29, 0.717) is 6.07 Å². The molecule has 8 nitrogen and oxygen atoms in total. The number of azide groups is 1. The summed E-state index contributed by atoms with van der Waals surface area (Å²) in [5.41, 5.74) is 12.6. The first-order chi connectivity index (χ1) is 8.06. The molecule has 17 heavy (non-hydrogen) atoms. The predicted octanol–water partition coefficient (Wildman–Crippen LogP) is 2.01. The molecule has 0 unspecified atom stereocenters. The number of nitrogens with zero attached hydrogens (tertiary/aromatic N) is 4. The zero-order chi connectivity index (χ0) is 12.8. The van der Waals surface area contributed by atoms with E-state index in [2.05, 4.69) is 10.0 Å². The van der Waals surface area contributed by atoms with E-state index in [9.17, 15) is 14.5 Å². The standard InChI is InChI=1S/C8H8FN5O3/c9-5-3-6(14(15)16)8(10)7(4-5)17-2-1-12-13-11/h3-4H,1-2,10H2. The number of nitrogen functional groups attached to an aromatic ring is 1. The summed E-state index contributed by atoms with van der Waals surface area (Å²) in [4.78, 5) is 12.2. The summed E-state index contributed by atoms with van der Waals surface area (Å²) in [6, 6.07) is 1.63. The highest BCUT2D eigenvalue weighted by molar-refractivity contribution is 5.67. The van der Waals surface area contributed by atoms with Crippen LogP contribution in [0.3, 0.4) is 0 Å². The zero-order valence-electron chi connectivity index (χ0n) is 8.54. The van der Waals surface area contributed by atoms with Crippen molar-refractivity contribution in [2.24, 2.45) is 5.11 Å². The summed E-state index contributed by atoms with van der Waals surface area (Å²) in [6.07, 6.45) is 0. The Hall–Kier alpha value is -2.54. The number of hydrogen-bond acceptors (Lipinski definition) is 5. The number of hydrogen-bond donors (Lipinski definition) is 1. The van der Waals surface area contributed by atoms with Gasteiger partial charge in [-0.15, -0.1) is 0 Å². The highest BCUT2D eigenvalue weighted by Gasteiger charge is 2.18. The molecule has 1 aromatic carbocycles. The second-order valence-corrected chi connectivity index (χ2v) is 2.90. The Morgan fingerprint density at radius 1 is 1.65 bits per heavy atom. The molecule has 0 fully saturated rings. The molecule has 0 amide bonds. The lowest BCUT2D eigenvalue weighted by Gasteiger charge is -2.07. The van der Waals surface area contributed by atoms with Crippen molar-refractivity contribution in [2.75, 3.05) is 18.9 Å². The third-order valence-electron chi connectivity index (χ3n) is 1.79. The van der Waals surface area contributed by atoms with Crippen molar-refractivity contribution >= 4 is 11.4 Å². The first-order valence-corrected chi connectivity index (χ1v) is 4.43. The summed E-state index contributed by atoms with van der Waals surface area (Å²) in [6.45, 7) is -0.0326. The maximum Gasteiger partial charge on any atom is 0.298 e. The Bertz CT molecular complexity index is 486. The number of benzene rings is 1. The van der Waals surface area contributed by atoms with Crippen LogP contribution < -0.4 is 10.5 Å². The fourth-order valence-corrected chi connectivity index (χ4v) is 1.09. The van der Waals surface area contributed by atoms with Gasteiger partial charge in [0, 0.05) is 11.0 Å². The Morgan fingerprint density at radius 3 is 2.94 bits per heavy atom. The van der Waals surface area contributed by atoms with Gasteiger partial charge in [-0.2, -0.15) is 0 Å². The fourth-order valence-electron chi connectivity index (χ4n) is 1.09. The van der Waals surface area contributed by atoms with Gasteiger partial charge in [0.1, 0.15) is 5.82 Å². The molecular weight excluding hydrogens is 233 g/mol. The number of halogens is 1. The van der Waals surface area contributed by atoms with Gasteiger partial charge >= 0.3 is 0 Å². The molecule has 0 spiro atoms. The molecule has 1 rings (SSSR count). The molecule has 0 aliphatic heterocycles. The Kier molecular flexibility index (Phi) is 4.07. The number of ether oxygens (including phenoxy) is 1. The van der Waals surface area contributed by atoms with Crippen molar-refractivity contribution < 1.29 is 14.1 Å². The van der Waals surface area contributed by atoms with Crippen molar-refractivity contribution in [3.63, 3.8) is 0 Å². The van der Waals surface area contributed by atoms with Crippen LogP contribution in [-0.2, 0) is 0 Å². The van der Waals surface area contributed by atoms with Crippen LogP contribution in [0, 0.1) is 15.9 Å². The van der Waals surface area contributed by atoms with Crippen molar-refractivity contribution in [1.29, 1.82) is 0 Å². The number of nitro benzene ring substituents is 1. The summed E-state index contributed by atoms with van der Waals surface area (Å²) in [5, 5.41) is 13.7. The predicted molar refractivity (Wildman–Crippen MR) is 57.0 cm³/mol. The molecule has 0 saturated carbocycles. The molecule has 90 valence electrons. The third-order valence-corrected chi connectivity index (χ3v) is 1.79. The normalized spacial score (nSPS) is 9.47. The third kappa shape index (κ3) is 3.21. The lowest BCUT2D eigenvalue weighted by atomic mass is 10.2. The van der Waals surface area contributed by atoms with Gasteiger partial charge in [0.25, 0.3) is 5.69 Å². The van der Waals surface area contributed by atoms with Crippen LogP contribution in [0.5, 0.6) is 5.75 Å². The van der Waals surface area contributed by atoms with Gasteiger partial charge in [-0.1, -0.05) is 5.11 Å². The maximum atomic E-state index is 13.0. The van der Waals surface area contributed by atoms with Crippen LogP contribution in [0.2, 0.25) is 0 Å². The largest absolute Gasteiger partial charge is 0.491 e. The van der Waals surface area contributed by atoms with E-state index >= 15 is 0 Å². The second kappa shape index (κ2) is 5.52. The van der Waals surface area contributed by atoms with Gasteiger partial charge in [0.2, 0.25) is 0 Å². The lowest BCUT2D eigenvalue weighted by Crippen LogP contribution is -2.05. The molecule has 0 heterocycles. The van der Waals surface area contributed by atoms with Crippen LogP contribution in [-0.4, -0.2) is 18.1 Å². The van der Waals surface area contributed by atoms with Crippen molar-refractivity contribution in [2.45, 2.75) is 0 Å². The van der Waals surface area contributed by atoms with Crippen LogP contribution in [0.25, 0.3) is 10.4 Å². The maximum absolute atomic E-state index is 13.0. The number of nitro groups is 1. The van der Waals surface area contributed by atoms with Crippen LogP contribution >= 0.6 is 0 Å².